The second-order valence-corrected chi connectivity index (χ2v) is 6.45. The van der Waals surface area contributed by atoms with Gasteiger partial charge in [0.1, 0.15) is 0 Å². The summed E-state index contributed by atoms with van der Waals surface area (Å²) in [5.74, 6) is 0. The van der Waals surface area contributed by atoms with Crippen molar-refractivity contribution in [3.8, 4) is 0 Å². The summed E-state index contributed by atoms with van der Waals surface area (Å²) >= 11 is 8.16. The molecule has 1 heterocycles. The van der Waals surface area contributed by atoms with Gasteiger partial charge in [-0.25, -0.2) is 0 Å². The molecule has 3 rings (SSSR count). The maximum absolute atomic E-state index is 6.39. The van der Waals surface area contributed by atoms with Crippen LogP contribution in [0.25, 0.3) is 0 Å². The zero-order valence-electron chi connectivity index (χ0n) is 11.6. The van der Waals surface area contributed by atoms with E-state index >= 15 is 0 Å². The largest absolute Gasteiger partial charge is 0.364 e. The van der Waals surface area contributed by atoms with Crippen LogP contribution in [-0.2, 0) is 13.1 Å². The number of hydrogen-bond acceptors (Lipinski definition) is 3. The number of nitrogens with zero attached hydrogens (tertiary/aromatic N) is 1. The van der Waals surface area contributed by atoms with Gasteiger partial charge < -0.3 is 10.2 Å². The fraction of sp³-hybridized carbons (Fsp3) is 0.375. The van der Waals surface area contributed by atoms with Crippen LogP contribution in [0.4, 0.5) is 5.69 Å². The number of thiophene rings is 1. The first kappa shape index (κ1) is 13.9. The molecule has 0 unspecified atom stereocenters. The van der Waals surface area contributed by atoms with Crippen LogP contribution in [-0.4, -0.2) is 13.1 Å². The van der Waals surface area contributed by atoms with E-state index < -0.39 is 0 Å². The molecule has 1 aliphatic carbocycles. The maximum atomic E-state index is 6.39. The molecule has 0 atom stereocenters. The van der Waals surface area contributed by atoms with E-state index in [1.54, 1.807) is 11.3 Å². The van der Waals surface area contributed by atoms with Gasteiger partial charge in [0.2, 0.25) is 0 Å². The van der Waals surface area contributed by atoms with Crippen LogP contribution in [0.1, 0.15) is 24.0 Å². The molecule has 0 saturated heterocycles. The van der Waals surface area contributed by atoms with Crippen LogP contribution < -0.4 is 10.2 Å². The van der Waals surface area contributed by atoms with Crippen molar-refractivity contribution >= 4 is 28.6 Å². The third-order valence-electron chi connectivity index (χ3n) is 3.68. The molecule has 20 heavy (non-hydrogen) atoms. The molecular weight excluding hydrogens is 288 g/mol. The summed E-state index contributed by atoms with van der Waals surface area (Å²) in [6, 6.07) is 9.11. The third kappa shape index (κ3) is 3.00. The summed E-state index contributed by atoms with van der Waals surface area (Å²) < 4.78 is 0. The Bertz CT molecular complexity index is 564. The highest BCUT2D eigenvalue weighted by atomic mass is 35.5. The first-order valence-corrected chi connectivity index (χ1v) is 8.31. The summed E-state index contributed by atoms with van der Waals surface area (Å²) in [6.07, 6.45) is 2.57. The van der Waals surface area contributed by atoms with Gasteiger partial charge in [0.25, 0.3) is 0 Å². The Balaban J connectivity index is 1.93. The fourth-order valence-corrected chi connectivity index (χ4v) is 3.44. The van der Waals surface area contributed by atoms with Crippen LogP contribution in [0.2, 0.25) is 5.02 Å². The summed E-state index contributed by atoms with van der Waals surface area (Å²) in [7, 11) is 1.97. The van der Waals surface area contributed by atoms with Crippen molar-refractivity contribution in [3.63, 3.8) is 0 Å². The van der Waals surface area contributed by atoms with Gasteiger partial charge in [-0.05, 0) is 54.4 Å². The third-order valence-corrected chi connectivity index (χ3v) is 4.76. The number of anilines is 1. The lowest BCUT2D eigenvalue weighted by atomic mass is 10.1. The van der Waals surface area contributed by atoms with E-state index in [1.807, 2.05) is 13.1 Å². The van der Waals surface area contributed by atoms with Crippen molar-refractivity contribution in [2.75, 3.05) is 11.9 Å². The molecule has 1 aromatic heterocycles. The molecule has 1 fully saturated rings. The van der Waals surface area contributed by atoms with Crippen molar-refractivity contribution in [2.24, 2.45) is 0 Å². The van der Waals surface area contributed by atoms with E-state index in [4.69, 9.17) is 11.6 Å². The number of halogens is 1. The topological polar surface area (TPSA) is 15.3 Å². The minimum absolute atomic E-state index is 0.670. The minimum atomic E-state index is 0.670. The zero-order valence-corrected chi connectivity index (χ0v) is 13.2. The van der Waals surface area contributed by atoms with E-state index in [-0.39, 0.29) is 0 Å². The van der Waals surface area contributed by atoms with Crippen LogP contribution >= 0.6 is 22.9 Å². The molecule has 0 aliphatic heterocycles. The van der Waals surface area contributed by atoms with E-state index in [0.717, 1.165) is 18.1 Å². The average Bonchev–Trinajstić information content (AvgIpc) is 3.16. The van der Waals surface area contributed by atoms with Crippen molar-refractivity contribution in [3.05, 3.63) is 51.2 Å². The lowest BCUT2D eigenvalue weighted by Crippen LogP contribution is -2.26. The molecule has 2 nitrogen and oxygen atoms in total. The Morgan fingerprint density at radius 2 is 2.20 bits per heavy atom. The quantitative estimate of drug-likeness (QED) is 0.856. The van der Waals surface area contributed by atoms with Gasteiger partial charge in [0.15, 0.2) is 0 Å². The van der Waals surface area contributed by atoms with Crippen molar-refractivity contribution in [1.82, 2.24) is 5.32 Å². The fourth-order valence-electron chi connectivity index (χ4n) is 2.54. The van der Waals surface area contributed by atoms with E-state index in [1.165, 1.54) is 29.7 Å². The Kier molecular flexibility index (Phi) is 4.29. The summed E-state index contributed by atoms with van der Waals surface area (Å²) in [6.45, 7) is 1.78. The first-order chi connectivity index (χ1) is 9.79. The number of nitrogens with one attached hydrogen (secondary N) is 1. The summed E-state index contributed by atoms with van der Waals surface area (Å²) in [5.41, 5.74) is 3.87. The minimum Gasteiger partial charge on any atom is -0.364 e. The SMILES string of the molecule is CNCc1c(Cl)cccc1N(Cc1ccsc1)C1CC1. The van der Waals surface area contributed by atoms with E-state index in [2.05, 4.69) is 39.2 Å². The Morgan fingerprint density at radius 3 is 2.85 bits per heavy atom. The highest BCUT2D eigenvalue weighted by Gasteiger charge is 2.30. The molecule has 106 valence electrons. The van der Waals surface area contributed by atoms with Crippen molar-refractivity contribution in [2.45, 2.75) is 32.0 Å². The smallest absolute Gasteiger partial charge is 0.0471 e. The molecule has 0 radical (unpaired) electrons. The average molecular weight is 307 g/mol. The molecule has 0 spiro atoms. The molecule has 1 aliphatic rings. The van der Waals surface area contributed by atoms with Crippen LogP contribution in [0.3, 0.4) is 0 Å². The summed E-state index contributed by atoms with van der Waals surface area (Å²) in [4.78, 5) is 2.51. The van der Waals surface area contributed by atoms with Gasteiger partial charge in [0, 0.05) is 35.4 Å². The molecule has 4 heteroatoms. The molecule has 1 saturated carbocycles. The highest BCUT2D eigenvalue weighted by molar-refractivity contribution is 7.07. The molecule has 1 aromatic carbocycles. The van der Waals surface area contributed by atoms with Gasteiger partial charge >= 0.3 is 0 Å². The standard InChI is InChI=1S/C16H19ClN2S/c1-18-9-14-15(17)3-2-4-16(14)19(13-5-6-13)10-12-7-8-20-11-12/h2-4,7-8,11,13,18H,5-6,9-10H2,1H3. The zero-order chi connectivity index (χ0) is 13.9. The second kappa shape index (κ2) is 6.17. The predicted octanol–water partition coefficient (Wildman–Crippen LogP) is 4.29. The number of rotatable bonds is 6. The highest BCUT2D eigenvalue weighted by Crippen LogP contribution is 2.37. The second-order valence-electron chi connectivity index (χ2n) is 5.26. The Hall–Kier alpha value is -1.03. The molecule has 0 amide bonds. The monoisotopic (exact) mass is 306 g/mol. The van der Waals surface area contributed by atoms with Gasteiger partial charge in [-0.15, -0.1) is 0 Å². The van der Waals surface area contributed by atoms with Crippen molar-refractivity contribution in [1.29, 1.82) is 0 Å². The lowest BCUT2D eigenvalue weighted by molar-refractivity contribution is 0.766. The molecule has 1 N–H and O–H groups in total. The van der Waals surface area contributed by atoms with Gasteiger partial charge in [0.05, 0.1) is 0 Å². The van der Waals surface area contributed by atoms with Crippen molar-refractivity contribution < 1.29 is 0 Å². The van der Waals surface area contributed by atoms with Crippen LogP contribution in [0, 0.1) is 0 Å². The molecule has 0 bridgehead atoms. The van der Waals surface area contributed by atoms with Gasteiger partial charge in [-0.2, -0.15) is 11.3 Å². The maximum Gasteiger partial charge on any atom is 0.0471 e. The molecule has 2 aromatic rings. The lowest BCUT2D eigenvalue weighted by Gasteiger charge is -2.27. The van der Waals surface area contributed by atoms with Crippen LogP contribution in [0.15, 0.2) is 35.0 Å². The summed E-state index contributed by atoms with van der Waals surface area (Å²) in [5, 5.41) is 8.46. The Morgan fingerprint density at radius 1 is 1.35 bits per heavy atom. The normalized spacial score (nSPS) is 14.5. The van der Waals surface area contributed by atoms with Gasteiger partial charge in [-0.3, -0.25) is 0 Å². The van der Waals surface area contributed by atoms with E-state index in [9.17, 15) is 0 Å². The van der Waals surface area contributed by atoms with Crippen LogP contribution in [0.5, 0.6) is 0 Å². The first-order valence-electron chi connectivity index (χ1n) is 6.99. The van der Waals surface area contributed by atoms with E-state index in [0.29, 0.717) is 6.04 Å². The van der Waals surface area contributed by atoms with Gasteiger partial charge in [-0.1, -0.05) is 17.7 Å². The number of hydrogen-bond donors (Lipinski definition) is 1. The Labute approximate surface area is 129 Å². The predicted molar refractivity (Wildman–Crippen MR) is 87.7 cm³/mol. The number of benzene rings is 1. The molecular formula is C16H19ClN2S.